The van der Waals surface area contributed by atoms with Crippen LogP contribution in [-0.4, -0.2) is 18.1 Å². The van der Waals surface area contributed by atoms with Gasteiger partial charge in [0.15, 0.2) is 0 Å². The van der Waals surface area contributed by atoms with Gasteiger partial charge in [-0.2, -0.15) is 11.8 Å². The highest BCUT2D eigenvalue weighted by molar-refractivity contribution is 8.00. The Kier molecular flexibility index (Phi) is 2.72. The van der Waals surface area contributed by atoms with Crippen molar-refractivity contribution in [3.05, 3.63) is 35.4 Å². The first-order valence-corrected chi connectivity index (χ1v) is 7.37. The molecular weight excluding hydrogens is 214 g/mol. The van der Waals surface area contributed by atoms with Crippen LogP contribution in [0.3, 0.4) is 0 Å². The molecule has 0 radical (unpaired) electrons. The molecule has 2 aliphatic rings. The predicted molar refractivity (Wildman–Crippen MR) is 71.1 cm³/mol. The number of rotatable bonds is 2. The topological polar surface area (TPSA) is 12.0 Å². The second-order valence-electron chi connectivity index (χ2n) is 5.18. The molecule has 1 aromatic carbocycles. The van der Waals surface area contributed by atoms with Crippen LogP contribution in [0.1, 0.15) is 36.8 Å². The summed E-state index contributed by atoms with van der Waals surface area (Å²) >= 11 is 2.07. The molecular formula is C14H19NS. The van der Waals surface area contributed by atoms with Crippen molar-refractivity contribution in [2.45, 2.75) is 31.2 Å². The summed E-state index contributed by atoms with van der Waals surface area (Å²) in [4.78, 5) is 0. The Morgan fingerprint density at radius 2 is 2.12 bits per heavy atom. The smallest absolute Gasteiger partial charge is 0.0409 e. The summed E-state index contributed by atoms with van der Waals surface area (Å²) in [5, 5.41) is 3.69. The summed E-state index contributed by atoms with van der Waals surface area (Å²) in [6.45, 7) is 3.54. The molecule has 16 heavy (non-hydrogen) atoms. The predicted octanol–water partition coefficient (Wildman–Crippen LogP) is 3.12. The standard InChI is InChI=1S/C14H19NS/c1-14(7-4-8-15-14)13-6-3-2-5-12(13)11-9-16-10-11/h2-3,5-6,11,15H,4,7-10H2,1H3. The Morgan fingerprint density at radius 3 is 2.75 bits per heavy atom. The summed E-state index contributed by atoms with van der Waals surface area (Å²) in [7, 11) is 0. The van der Waals surface area contributed by atoms with E-state index in [9.17, 15) is 0 Å². The minimum atomic E-state index is 0.233. The number of thioether (sulfide) groups is 1. The number of nitrogens with one attached hydrogen (secondary N) is 1. The molecule has 0 aliphatic carbocycles. The molecule has 1 atom stereocenters. The van der Waals surface area contributed by atoms with Gasteiger partial charge < -0.3 is 5.32 Å². The fourth-order valence-electron chi connectivity index (χ4n) is 2.90. The highest BCUT2D eigenvalue weighted by Gasteiger charge is 2.34. The van der Waals surface area contributed by atoms with Crippen molar-refractivity contribution in [1.82, 2.24) is 5.32 Å². The van der Waals surface area contributed by atoms with Gasteiger partial charge in [-0.05, 0) is 37.4 Å². The molecule has 1 aromatic rings. The van der Waals surface area contributed by atoms with Gasteiger partial charge in [-0.15, -0.1) is 0 Å². The molecule has 2 aliphatic heterocycles. The molecule has 2 fully saturated rings. The van der Waals surface area contributed by atoms with Gasteiger partial charge in [-0.1, -0.05) is 24.3 Å². The Balaban J connectivity index is 1.98. The third-order valence-corrected chi connectivity index (χ3v) is 5.28. The van der Waals surface area contributed by atoms with Gasteiger partial charge in [0.25, 0.3) is 0 Å². The Morgan fingerprint density at radius 1 is 1.31 bits per heavy atom. The number of benzene rings is 1. The molecule has 2 saturated heterocycles. The van der Waals surface area contributed by atoms with Gasteiger partial charge in [-0.25, -0.2) is 0 Å². The van der Waals surface area contributed by atoms with Gasteiger partial charge in [0.05, 0.1) is 0 Å². The van der Waals surface area contributed by atoms with E-state index in [1.807, 2.05) is 0 Å². The van der Waals surface area contributed by atoms with Gasteiger partial charge in [0.1, 0.15) is 0 Å². The molecule has 1 nitrogen and oxygen atoms in total. The molecule has 0 amide bonds. The van der Waals surface area contributed by atoms with Crippen LogP contribution in [0, 0.1) is 0 Å². The van der Waals surface area contributed by atoms with Crippen molar-refractivity contribution >= 4 is 11.8 Å². The average Bonchev–Trinajstić information content (AvgIpc) is 2.65. The second kappa shape index (κ2) is 4.08. The van der Waals surface area contributed by atoms with E-state index in [-0.39, 0.29) is 5.54 Å². The quantitative estimate of drug-likeness (QED) is 0.842. The van der Waals surface area contributed by atoms with Crippen LogP contribution < -0.4 is 5.32 Å². The van der Waals surface area contributed by atoms with Crippen LogP contribution in [-0.2, 0) is 5.54 Å². The van der Waals surface area contributed by atoms with E-state index in [0.717, 1.165) is 5.92 Å². The van der Waals surface area contributed by atoms with Crippen molar-refractivity contribution in [3.63, 3.8) is 0 Å². The second-order valence-corrected chi connectivity index (χ2v) is 6.26. The normalized spacial score (nSPS) is 30.3. The van der Waals surface area contributed by atoms with E-state index in [1.165, 1.54) is 30.9 Å². The monoisotopic (exact) mass is 233 g/mol. The van der Waals surface area contributed by atoms with Crippen LogP contribution in [0.25, 0.3) is 0 Å². The fraction of sp³-hybridized carbons (Fsp3) is 0.571. The van der Waals surface area contributed by atoms with Crippen LogP contribution in [0.4, 0.5) is 0 Å². The number of hydrogen-bond acceptors (Lipinski definition) is 2. The third-order valence-electron chi connectivity index (χ3n) is 4.00. The highest BCUT2D eigenvalue weighted by Crippen LogP contribution is 2.40. The van der Waals surface area contributed by atoms with Crippen LogP contribution >= 0.6 is 11.8 Å². The van der Waals surface area contributed by atoms with Crippen molar-refractivity contribution in [3.8, 4) is 0 Å². The van der Waals surface area contributed by atoms with E-state index < -0.39 is 0 Å². The lowest BCUT2D eigenvalue weighted by Crippen LogP contribution is -2.35. The van der Waals surface area contributed by atoms with E-state index in [2.05, 4.69) is 48.3 Å². The fourth-order valence-corrected chi connectivity index (χ4v) is 3.73. The molecule has 1 N–H and O–H groups in total. The molecule has 0 spiro atoms. The molecule has 86 valence electrons. The van der Waals surface area contributed by atoms with Gasteiger partial charge in [0, 0.05) is 23.0 Å². The Bertz CT molecular complexity index is 378. The maximum Gasteiger partial charge on any atom is 0.0409 e. The van der Waals surface area contributed by atoms with Crippen LogP contribution in [0.15, 0.2) is 24.3 Å². The van der Waals surface area contributed by atoms with E-state index in [1.54, 1.807) is 11.1 Å². The van der Waals surface area contributed by atoms with Crippen molar-refractivity contribution in [1.29, 1.82) is 0 Å². The molecule has 0 saturated carbocycles. The zero-order valence-electron chi connectivity index (χ0n) is 9.83. The maximum absolute atomic E-state index is 3.69. The lowest BCUT2D eigenvalue weighted by Gasteiger charge is -2.33. The first-order valence-electron chi connectivity index (χ1n) is 6.22. The van der Waals surface area contributed by atoms with Gasteiger partial charge in [-0.3, -0.25) is 0 Å². The lowest BCUT2D eigenvalue weighted by atomic mass is 9.83. The molecule has 3 rings (SSSR count). The van der Waals surface area contributed by atoms with Crippen molar-refractivity contribution in [2.75, 3.05) is 18.1 Å². The van der Waals surface area contributed by atoms with Crippen molar-refractivity contribution in [2.24, 2.45) is 0 Å². The van der Waals surface area contributed by atoms with Crippen LogP contribution in [0.2, 0.25) is 0 Å². The molecule has 0 aromatic heterocycles. The van der Waals surface area contributed by atoms with E-state index >= 15 is 0 Å². The highest BCUT2D eigenvalue weighted by atomic mass is 32.2. The lowest BCUT2D eigenvalue weighted by molar-refractivity contribution is 0.429. The van der Waals surface area contributed by atoms with Gasteiger partial charge >= 0.3 is 0 Å². The first-order chi connectivity index (χ1) is 7.80. The Hall–Kier alpha value is -0.470. The van der Waals surface area contributed by atoms with E-state index in [4.69, 9.17) is 0 Å². The summed E-state index contributed by atoms with van der Waals surface area (Å²) in [5.41, 5.74) is 3.38. The minimum Gasteiger partial charge on any atom is -0.308 e. The number of hydrogen-bond donors (Lipinski definition) is 1. The summed E-state index contributed by atoms with van der Waals surface area (Å²) < 4.78 is 0. The zero-order valence-corrected chi connectivity index (χ0v) is 10.6. The maximum atomic E-state index is 3.69. The zero-order chi connectivity index (χ0) is 11.0. The Labute approximate surface area is 102 Å². The largest absolute Gasteiger partial charge is 0.308 e. The summed E-state index contributed by atoms with van der Waals surface area (Å²) in [6.07, 6.45) is 2.59. The van der Waals surface area contributed by atoms with Crippen molar-refractivity contribution < 1.29 is 0 Å². The minimum absolute atomic E-state index is 0.233. The van der Waals surface area contributed by atoms with Gasteiger partial charge in [0.2, 0.25) is 0 Å². The van der Waals surface area contributed by atoms with E-state index in [0.29, 0.717) is 0 Å². The third kappa shape index (κ3) is 1.68. The molecule has 2 heterocycles. The molecule has 0 bridgehead atoms. The average molecular weight is 233 g/mol. The molecule has 2 heteroatoms. The van der Waals surface area contributed by atoms with Crippen LogP contribution in [0.5, 0.6) is 0 Å². The molecule has 1 unspecified atom stereocenters. The summed E-state index contributed by atoms with van der Waals surface area (Å²) in [6, 6.07) is 9.05. The first kappa shape index (κ1) is 10.7. The summed E-state index contributed by atoms with van der Waals surface area (Å²) in [5.74, 6) is 3.43. The SMILES string of the molecule is CC1(c2ccccc2C2CSC2)CCCN1.